The van der Waals surface area contributed by atoms with E-state index in [4.69, 9.17) is 0 Å². The molecule has 2 N–H and O–H groups in total. The van der Waals surface area contributed by atoms with Crippen molar-refractivity contribution in [1.82, 2.24) is 14.9 Å². The second-order valence-corrected chi connectivity index (χ2v) is 7.36. The molecule has 1 aromatic heterocycles. The molecule has 0 unspecified atom stereocenters. The lowest BCUT2D eigenvalue weighted by atomic mass is 10.1. The standard InChI is InChI=1S/C20H24F2N4O2/c1-12(2)8-9-23-20(28)18-25-17(16-5-3-4-10-26(16)18)19(27)24-15-7-6-13(21)11-14(15)22/h6-7,11-12H,3-5,8-10H2,1-2H3,(H,23,28)(H,24,27). The Morgan fingerprint density at radius 2 is 2.00 bits per heavy atom. The summed E-state index contributed by atoms with van der Waals surface area (Å²) in [5, 5.41) is 5.27. The Labute approximate surface area is 162 Å². The van der Waals surface area contributed by atoms with Crippen molar-refractivity contribution in [2.75, 3.05) is 11.9 Å². The molecule has 1 aliphatic rings. The van der Waals surface area contributed by atoms with E-state index in [-0.39, 0.29) is 23.1 Å². The number of nitrogens with one attached hydrogen (secondary N) is 2. The number of hydrogen-bond donors (Lipinski definition) is 2. The number of benzene rings is 1. The van der Waals surface area contributed by atoms with Crippen LogP contribution in [-0.2, 0) is 13.0 Å². The van der Waals surface area contributed by atoms with E-state index in [0.29, 0.717) is 37.2 Å². The molecular formula is C20H24F2N4O2. The number of carbonyl (C=O) groups excluding carboxylic acids is 2. The van der Waals surface area contributed by atoms with Gasteiger partial charge in [-0.3, -0.25) is 9.59 Å². The average Bonchev–Trinajstić information content (AvgIpc) is 3.03. The largest absolute Gasteiger partial charge is 0.349 e. The van der Waals surface area contributed by atoms with Gasteiger partial charge < -0.3 is 15.2 Å². The Balaban J connectivity index is 1.83. The van der Waals surface area contributed by atoms with Gasteiger partial charge in [0.15, 0.2) is 11.5 Å². The Kier molecular flexibility index (Phi) is 6.06. The van der Waals surface area contributed by atoms with Crippen molar-refractivity contribution in [1.29, 1.82) is 0 Å². The number of halogens is 2. The lowest BCUT2D eigenvalue weighted by Gasteiger charge is -2.17. The molecule has 0 bridgehead atoms. The summed E-state index contributed by atoms with van der Waals surface area (Å²) in [5.41, 5.74) is 0.643. The Morgan fingerprint density at radius 3 is 2.71 bits per heavy atom. The van der Waals surface area contributed by atoms with E-state index in [2.05, 4.69) is 29.5 Å². The van der Waals surface area contributed by atoms with Crippen molar-refractivity contribution < 1.29 is 18.4 Å². The first kappa shape index (κ1) is 20.0. The van der Waals surface area contributed by atoms with Gasteiger partial charge >= 0.3 is 0 Å². The number of hydrogen-bond acceptors (Lipinski definition) is 3. The summed E-state index contributed by atoms with van der Waals surface area (Å²) in [6.07, 6.45) is 3.23. The fraction of sp³-hybridized carbons (Fsp3) is 0.450. The molecule has 1 aromatic carbocycles. The third kappa shape index (κ3) is 4.37. The molecule has 0 saturated carbocycles. The first-order valence-electron chi connectivity index (χ1n) is 9.50. The topological polar surface area (TPSA) is 76.0 Å². The second-order valence-electron chi connectivity index (χ2n) is 7.36. The number of fused-ring (bicyclic) bond motifs is 1. The van der Waals surface area contributed by atoms with Gasteiger partial charge in [-0.25, -0.2) is 13.8 Å². The summed E-state index contributed by atoms with van der Waals surface area (Å²) in [7, 11) is 0. The highest BCUT2D eigenvalue weighted by Gasteiger charge is 2.27. The van der Waals surface area contributed by atoms with Crippen molar-refractivity contribution >= 4 is 17.5 Å². The van der Waals surface area contributed by atoms with E-state index in [1.54, 1.807) is 4.57 Å². The van der Waals surface area contributed by atoms with Crippen molar-refractivity contribution in [3.05, 3.63) is 47.0 Å². The Bertz CT molecular complexity index is 893. The molecule has 3 rings (SSSR count). The lowest BCUT2D eigenvalue weighted by Crippen LogP contribution is -2.29. The molecule has 0 aliphatic carbocycles. The van der Waals surface area contributed by atoms with Crippen LogP contribution < -0.4 is 10.6 Å². The quantitative estimate of drug-likeness (QED) is 0.792. The molecule has 0 fully saturated rings. The number of amides is 2. The van der Waals surface area contributed by atoms with E-state index in [0.717, 1.165) is 31.4 Å². The van der Waals surface area contributed by atoms with Gasteiger partial charge in [-0.2, -0.15) is 0 Å². The summed E-state index contributed by atoms with van der Waals surface area (Å²) in [6.45, 7) is 5.27. The zero-order valence-corrected chi connectivity index (χ0v) is 16.0. The number of imidazole rings is 1. The third-order valence-electron chi connectivity index (χ3n) is 4.72. The molecule has 1 aliphatic heterocycles. The predicted octanol–water partition coefficient (Wildman–Crippen LogP) is 3.53. The summed E-state index contributed by atoms with van der Waals surface area (Å²) in [6, 6.07) is 2.92. The van der Waals surface area contributed by atoms with Crippen LogP contribution in [0.15, 0.2) is 18.2 Å². The molecule has 28 heavy (non-hydrogen) atoms. The van der Waals surface area contributed by atoms with Crippen molar-refractivity contribution in [3.8, 4) is 0 Å². The highest BCUT2D eigenvalue weighted by molar-refractivity contribution is 6.05. The Hall–Kier alpha value is -2.77. The maximum atomic E-state index is 13.9. The van der Waals surface area contributed by atoms with Crippen LogP contribution in [0.25, 0.3) is 0 Å². The van der Waals surface area contributed by atoms with Gasteiger partial charge in [0.05, 0.1) is 11.4 Å². The maximum Gasteiger partial charge on any atom is 0.287 e. The monoisotopic (exact) mass is 390 g/mol. The lowest BCUT2D eigenvalue weighted by molar-refractivity contribution is 0.0936. The molecule has 6 nitrogen and oxygen atoms in total. The summed E-state index contributed by atoms with van der Waals surface area (Å²) in [5.74, 6) is -1.87. The Morgan fingerprint density at radius 1 is 1.21 bits per heavy atom. The minimum atomic E-state index is -0.868. The van der Waals surface area contributed by atoms with E-state index in [1.165, 1.54) is 0 Å². The summed E-state index contributed by atoms with van der Waals surface area (Å²) < 4.78 is 28.7. The highest BCUT2D eigenvalue weighted by Crippen LogP contribution is 2.23. The van der Waals surface area contributed by atoms with Gasteiger partial charge in [0.2, 0.25) is 0 Å². The highest BCUT2D eigenvalue weighted by atomic mass is 19.1. The number of carbonyl (C=O) groups is 2. The van der Waals surface area contributed by atoms with Crippen LogP contribution in [0.3, 0.4) is 0 Å². The number of aromatic nitrogens is 2. The minimum Gasteiger partial charge on any atom is -0.349 e. The van der Waals surface area contributed by atoms with Gasteiger partial charge in [-0.1, -0.05) is 13.8 Å². The number of nitrogens with zero attached hydrogens (tertiary/aromatic N) is 2. The molecule has 0 spiro atoms. The summed E-state index contributed by atoms with van der Waals surface area (Å²) in [4.78, 5) is 29.5. The maximum absolute atomic E-state index is 13.9. The van der Waals surface area contributed by atoms with Gasteiger partial charge in [0, 0.05) is 19.2 Å². The van der Waals surface area contributed by atoms with Crippen LogP contribution in [0.4, 0.5) is 14.5 Å². The van der Waals surface area contributed by atoms with Gasteiger partial charge in [0.25, 0.3) is 11.8 Å². The molecule has 0 atom stereocenters. The average molecular weight is 390 g/mol. The summed E-state index contributed by atoms with van der Waals surface area (Å²) >= 11 is 0. The van der Waals surface area contributed by atoms with Crippen molar-refractivity contribution in [2.45, 2.75) is 46.1 Å². The zero-order valence-electron chi connectivity index (χ0n) is 16.0. The van der Waals surface area contributed by atoms with Crippen molar-refractivity contribution in [2.24, 2.45) is 5.92 Å². The predicted molar refractivity (Wildman–Crippen MR) is 101 cm³/mol. The van der Waals surface area contributed by atoms with E-state index in [9.17, 15) is 18.4 Å². The van der Waals surface area contributed by atoms with E-state index >= 15 is 0 Å². The van der Waals surface area contributed by atoms with Gasteiger partial charge in [0.1, 0.15) is 11.6 Å². The molecule has 0 radical (unpaired) electrons. The first-order valence-corrected chi connectivity index (χ1v) is 9.50. The van der Waals surface area contributed by atoms with Crippen molar-refractivity contribution in [3.63, 3.8) is 0 Å². The van der Waals surface area contributed by atoms with E-state index in [1.807, 2.05) is 0 Å². The van der Waals surface area contributed by atoms with Crippen LogP contribution >= 0.6 is 0 Å². The molecule has 8 heteroatoms. The van der Waals surface area contributed by atoms with Crippen LogP contribution in [0.5, 0.6) is 0 Å². The SMILES string of the molecule is CC(C)CCNC(=O)c1nc(C(=O)Nc2ccc(F)cc2F)c2n1CCCC2. The molecule has 150 valence electrons. The smallest absolute Gasteiger partial charge is 0.287 e. The number of rotatable bonds is 6. The van der Waals surface area contributed by atoms with E-state index < -0.39 is 17.5 Å². The molecule has 0 saturated heterocycles. The minimum absolute atomic E-state index is 0.109. The van der Waals surface area contributed by atoms with Crippen LogP contribution in [0, 0.1) is 17.6 Å². The van der Waals surface area contributed by atoms with Crippen LogP contribution in [0.2, 0.25) is 0 Å². The molecular weight excluding hydrogens is 366 g/mol. The van der Waals surface area contributed by atoms with Gasteiger partial charge in [-0.05, 0) is 43.7 Å². The molecule has 2 heterocycles. The zero-order chi connectivity index (χ0) is 20.3. The fourth-order valence-electron chi connectivity index (χ4n) is 3.22. The molecule has 2 aromatic rings. The second kappa shape index (κ2) is 8.50. The normalized spacial score (nSPS) is 13.3. The fourth-order valence-corrected chi connectivity index (χ4v) is 3.22. The first-order chi connectivity index (χ1) is 13.4. The number of anilines is 1. The van der Waals surface area contributed by atoms with Gasteiger partial charge in [-0.15, -0.1) is 0 Å². The molecule has 2 amide bonds. The van der Waals surface area contributed by atoms with Crippen LogP contribution in [0.1, 0.15) is 59.9 Å². The van der Waals surface area contributed by atoms with Crippen LogP contribution in [-0.4, -0.2) is 27.9 Å². The third-order valence-corrected chi connectivity index (χ3v) is 4.72.